The zero-order valence-electron chi connectivity index (χ0n) is 18.9. The molecule has 3 N–H and O–H groups in total. The zero-order chi connectivity index (χ0) is 25.2. The van der Waals surface area contributed by atoms with Gasteiger partial charge in [-0.15, -0.1) is 0 Å². The summed E-state index contributed by atoms with van der Waals surface area (Å²) in [5.74, 6) is -0.308. The summed E-state index contributed by atoms with van der Waals surface area (Å²) in [6.07, 6.45) is 3.93. The fourth-order valence-corrected chi connectivity index (χ4v) is 5.73. The van der Waals surface area contributed by atoms with Crippen molar-refractivity contribution in [1.29, 1.82) is 0 Å². The first-order chi connectivity index (χ1) is 16.6. The summed E-state index contributed by atoms with van der Waals surface area (Å²) in [5, 5.41) is 11.4. The van der Waals surface area contributed by atoms with E-state index in [9.17, 15) is 21.8 Å². The molecule has 0 saturated heterocycles. The molecule has 0 spiro atoms. The summed E-state index contributed by atoms with van der Waals surface area (Å²) in [4.78, 5) is 24.8. The Bertz CT molecular complexity index is 1370. The molecule has 0 saturated carbocycles. The van der Waals surface area contributed by atoms with Crippen molar-refractivity contribution < 1.29 is 26.2 Å². The van der Waals surface area contributed by atoms with E-state index in [0.29, 0.717) is 29.4 Å². The summed E-state index contributed by atoms with van der Waals surface area (Å²) in [7, 11) is 1.89. The number of aromatic hydroxyl groups is 1. The summed E-state index contributed by atoms with van der Waals surface area (Å²) in [6, 6.07) is 12.6. The third-order valence-corrected chi connectivity index (χ3v) is 8.32. The molecule has 3 aromatic heterocycles. The molecule has 3 heterocycles. The first-order valence-electron chi connectivity index (χ1n) is 10.5. The van der Waals surface area contributed by atoms with Crippen LogP contribution in [0, 0.1) is 0 Å². The van der Waals surface area contributed by atoms with Crippen LogP contribution in [0.3, 0.4) is 0 Å². The molecule has 4 rings (SSSR count). The topological polar surface area (TPSA) is 140 Å². The number of carbonyl (C=O) groups excluding carboxylic acids is 1. The number of carbonyl (C=O) groups is 1. The van der Waals surface area contributed by atoms with E-state index in [2.05, 4.69) is 9.97 Å². The Balaban J connectivity index is 1.76. The maximum atomic E-state index is 12.7. The first kappa shape index (κ1) is 24.7. The maximum absolute atomic E-state index is 12.7. The molecule has 0 radical (unpaired) electrons. The normalized spacial score (nSPS) is 11.4. The number of thiazole rings is 1. The van der Waals surface area contributed by atoms with E-state index in [-0.39, 0.29) is 20.9 Å². The van der Waals surface area contributed by atoms with Gasteiger partial charge in [0.25, 0.3) is 0 Å². The van der Waals surface area contributed by atoms with E-state index in [0.717, 1.165) is 28.8 Å². The van der Waals surface area contributed by atoms with Crippen LogP contribution in [0.4, 0.5) is 15.8 Å². The summed E-state index contributed by atoms with van der Waals surface area (Å²) in [5.41, 5.74) is 1.36. The van der Waals surface area contributed by atoms with Crippen molar-refractivity contribution in [3.63, 3.8) is 0 Å². The van der Waals surface area contributed by atoms with Gasteiger partial charge in [-0.3, -0.25) is 0 Å². The van der Waals surface area contributed by atoms with Crippen molar-refractivity contribution >= 4 is 51.6 Å². The Morgan fingerprint density at radius 2 is 1.97 bits per heavy atom. The summed E-state index contributed by atoms with van der Waals surface area (Å²) < 4.78 is 36.4. The molecule has 12 heteroatoms. The molecular formula is C23H23AsN4O6S. The Morgan fingerprint density at radius 1 is 1.17 bits per heavy atom. The van der Waals surface area contributed by atoms with Gasteiger partial charge in [0, 0.05) is 6.20 Å². The number of phenols is 1. The van der Waals surface area contributed by atoms with Gasteiger partial charge in [-0.2, -0.15) is 0 Å². The first-order valence-corrected chi connectivity index (χ1v) is 14.7. The third-order valence-electron chi connectivity index (χ3n) is 5.17. The average Bonchev–Trinajstić information content (AvgIpc) is 3.49. The Morgan fingerprint density at radius 3 is 2.60 bits per heavy atom. The number of rotatable bonds is 8. The molecule has 1 amide bonds. The average molecular weight is 558 g/mol. The quantitative estimate of drug-likeness (QED) is 0.278. The number of pyridine rings is 1. The second-order valence-electron chi connectivity index (χ2n) is 7.69. The number of furan rings is 1. The molecule has 182 valence electrons. The number of anilines is 3. The van der Waals surface area contributed by atoms with Crippen LogP contribution in [0.15, 0.2) is 65.4 Å². The van der Waals surface area contributed by atoms with Gasteiger partial charge in [0.1, 0.15) is 0 Å². The predicted molar refractivity (Wildman–Crippen MR) is 132 cm³/mol. The van der Waals surface area contributed by atoms with Gasteiger partial charge in [0.15, 0.2) is 0 Å². The Kier molecular flexibility index (Phi) is 7.13. The Hall–Kier alpha value is -3.37. The number of likely N-dealkylation sites (N-methyl/N-ethyl adjacent to an activating group) is 1. The molecule has 0 aliphatic rings. The van der Waals surface area contributed by atoms with Gasteiger partial charge in [-0.05, 0) is 6.07 Å². The van der Waals surface area contributed by atoms with Gasteiger partial charge in [0.05, 0.1) is 0 Å². The van der Waals surface area contributed by atoms with Crippen LogP contribution in [0.25, 0.3) is 11.5 Å². The fraction of sp³-hybridized carbons (Fsp3) is 0.174. The van der Waals surface area contributed by atoms with Crippen LogP contribution >= 0.6 is 11.3 Å². The van der Waals surface area contributed by atoms with E-state index >= 15 is 0 Å². The van der Waals surface area contributed by atoms with Crippen molar-refractivity contribution in [2.75, 3.05) is 23.4 Å². The van der Waals surface area contributed by atoms with E-state index in [1.807, 2.05) is 30.1 Å². The molecule has 0 unspecified atom stereocenters. The van der Waals surface area contributed by atoms with E-state index < -0.39 is 20.1 Å². The molecule has 0 aliphatic heterocycles. The Labute approximate surface area is 208 Å². The van der Waals surface area contributed by atoms with Crippen LogP contribution in [0.2, 0.25) is 0 Å². The summed E-state index contributed by atoms with van der Waals surface area (Å²) in [6.45, 7) is 1.89. The molecule has 10 nitrogen and oxygen atoms in total. The van der Waals surface area contributed by atoms with E-state index in [4.69, 9.17) is 4.42 Å². The molecule has 0 atom stereocenters. The minimum atomic E-state index is -5.29. The monoisotopic (exact) mass is 558 g/mol. The predicted octanol–water partition coefficient (Wildman–Crippen LogP) is 2.43. The molecule has 35 heavy (non-hydrogen) atoms. The van der Waals surface area contributed by atoms with E-state index in [1.54, 1.807) is 18.3 Å². The SMILES string of the molecule is CC(=O)N(c1nc(-c2ccco2)c(N(C)CCc2ccccn2)s1)c1cc([As](=O)(O)O)ccc1O. The van der Waals surface area contributed by atoms with Crippen molar-refractivity contribution in [1.82, 2.24) is 9.97 Å². The van der Waals surface area contributed by atoms with Gasteiger partial charge >= 0.3 is 190 Å². The molecular weight excluding hydrogens is 535 g/mol. The van der Waals surface area contributed by atoms with Crippen LogP contribution in [0.1, 0.15) is 12.6 Å². The number of hydrogen-bond donors (Lipinski definition) is 3. The van der Waals surface area contributed by atoms with Crippen molar-refractivity contribution in [2.24, 2.45) is 0 Å². The second-order valence-corrected chi connectivity index (χ2v) is 12.0. The summed E-state index contributed by atoms with van der Waals surface area (Å²) >= 11 is -4.09. The number of phenolic OH excluding ortho intramolecular Hbond substituents is 1. The van der Waals surface area contributed by atoms with Crippen molar-refractivity contribution in [2.45, 2.75) is 13.3 Å². The molecule has 0 bridgehead atoms. The van der Waals surface area contributed by atoms with Crippen molar-refractivity contribution in [3.05, 3.63) is 66.7 Å². The third kappa shape index (κ3) is 5.49. The zero-order valence-corrected chi connectivity index (χ0v) is 21.6. The number of aromatic nitrogens is 2. The molecule has 1 aromatic carbocycles. The number of hydrogen-bond acceptors (Lipinski definition) is 8. The second kappa shape index (κ2) is 10.1. The van der Waals surface area contributed by atoms with Crippen LogP contribution in [-0.2, 0) is 15.0 Å². The van der Waals surface area contributed by atoms with Gasteiger partial charge in [-0.1, -0.05) is 6.07 Å². The van der Waals surface area contributed by atoms with Crippen molar-refractivity contribution in [3.8, 4) is 17.2 Å². The fourth-order valence-electron chi connectivity index (χ4n) is 3.44. The van der Waals surface area contributed by atoms with Gasteiger partial charge < -0.3 is 0 Å². The molecule has 0 fully saturated rings. The number of amides is 1. The van der Waals surface area contributed by atoms with Crippen LogP contribution < -0.4 is 14.2 Å². The van der Waals surface area contributed by atoms with Gasteiger partial charge in [-0.25, -0.2) is 0 Å². The van der Waals surface area contributed by atoms with Crippen LogP contribution in [-0.4, -0.2) is 56.9 Å². The van der Waals surface area contributed by atoms with E-state index in [1.165, 1.54) is 24.5 Å². The standard InChI is InChI=1S/C23H23AsN4O6S/c1-15(29)28(18-14-16(24(31,32)33)8-9-19(18)30)23-26-21(20-7-5-13-34-20)22(35-23)27(2)12-10-17-6-3-4-11-25-17/h3-9,11,13-14,30H,10,12H2,1-2H3,(H2,31,32,33). The molecule has 4 aromatic rings. The minimum absolute atomic E-state index is 0.0674. The van der Waals surface area contributed by atoms with Crippen LogP contribution in [0.5, 0.6) is 5.75 Å². The van der Waals surface area contributed by atoms with Gasteiger partial charge in [0.2, 0.25) is 0 Å². The number of nitrogens with zero attached hydrogens (tertiary/aromatic N) is 4. The number of benzene rings is 1. The molecule has 0 aliphatic carbocycles.